The molecule has 2 aliphatic rings. The summed E-state index contributed by atoms with van der Waals surface area (Å²) in [7, 11) is 1.25. The van der Waals surface area contributed by atoms with Crippen LogP contribution in [0.3, 0.4) is 0 Å². The van der Waals surface area contributed by atoms with E-state index in [1.807, 2.05) is 0 Å². The third kappa shape index (κ3) is 5.52. The number of amides is 2. The Morgan fingerprint density at radius 1 is 1.06 bits per heavy atom. The minimum Gasteiger partial charge on any atom is -0.491 e. The Hall–Kier alpha value is -3.69. The van der Waals surface area contributed by atoms with Crippen LogP contribution in [0.5, 0.6) is 5.75 Å². The number of aromatic nitrogens is 1. The van der Waals surface area contributed by atoms with Crippen LogP contribution < -0.4 is 10.3 Å². The van der Waals surface area contributed by atoms with Gasteiger partial charge in [0.1, 0.15) is 23.7 Å². The van der Waals surface area contributed by atoms with E-state index in [0.29, 0.717) is 30.8 Å². The summed E-state index contributed by atoms with van der Waals surface area (Å²) in [5.41, 5.74) is 0.813. The van der Waals surface area contributed by atoms with Crippen LogP contribution in [0.2, 0.25) is 0 Å². The van der Waals surface area contributed by atoms with Crippen molar-refractivity contribution in [1.29, 1.82) is 0 Å². The summed E-state index contributed by atoms with van der Waals surface area (Å²) >= 11 is 0. The Bertz CT molecular complexity index is 1190. The first-order valence-electron chi connectivity index (χ1n) is 11.6. The molecule has 3 heterocycles. The minimum absolute atomic E-state index is 0.0381. The smallest absolute Gasteiger partial charge is 0.343 e. The van der Waals surface area contributed by atoms with Gasteiger partial charge in [-0.2, -0.15) is 0 Å². The van der Waals surface area contributed by atoms with Crippen molar-refractivity contribution in [3.63, 3.8) is 0 Å². The Kier molecular flexibility index (Phi) is 7.48. The van der Waals surface area contributed by atoms with Gasteiger partial charge in [0, 0.05) is 50.8 Å². The number of likely N-dealkylation sites (tertiary alicyclic amines) is 1. The average Bonchev–Trinajstić information content (AvgIpc) is 3.10. The second-order valence-corrected chi connectivity index (χ2v) is 8.58. The molecule has 2 amide bonds. The maximum absolute atomic E-state index is 13.5. The minimum atomic E-state index is -0.638. The van der Waals surface area contributed by atoms with Crippen LogP contribution in [0.4, 0.5) is 4.39 Å². The van der Waals surface area contributed by atoms with Crippen LogP contribution in [0, 0.1) is 5.82 Å². The molecule has 0 spiro atoms. The molecule has 9 nitrogen and oxygen atoms in total. The number of pyridine rings is 1. The summed E-state index contributed by atoms with van der Waals surface area (Å²) in [4.78, 5) is 53.6. The van der Waals surface area contributed by atoms with Crippen molar-refractivity contribution in [2.45, 2.75) is 32.2 Å². The first kappa shape index (κ1) is 24.4. The molecule has 1 aromatic carbocycles. The lowest BCUT2D eigenvalue weighted by molar-refractivity contribution is -0.130. The molecular formula is C25H28FN3O6. The highest BCUT2D eigenvalue weighted by atomic mass is 19.1. The lowest BCUT2D eigenvalue weighted by atomic mass is 10.1. The molecular weight excluding hydrogens is 457 g/mol. The van der Waals surface area contributed by atoms with Crippen LogP contribution in [0.15, 0.2) is 35.1 Å². The number of nitrogens with zero attached hydrogens (tertiary/aromatic N) is 3. The number of carbonyl (C=O) groups excluding carboxylic acids is 3. The fraction of sp³-hybridized carbons (Fsp3) is 0.440. The van der Waals surface area contributed by atoms with Crippen molar-refractivity contribution in [1.82, 2.24) is 14.4 Å². The summed E-state index contributed by atoms with van der Waals surface area (Å²) in [5, 5.41) is 0. The van der Waals surface area contributed by atoms with Crippen LogP contribution in [-0.4, -0.2) is 72.0 Å². The molecule has 10 heteroatoms. The predicted octanol–water partition coefficient (Wildman–Crippen LogP) is 1.40. The lowest BCUT2D eigenvalue weighted by Gasteiger charge is -2.20. The monoisotopic (exact) mass is 485 g/mol. The Morgan fingerprint density at radius 3 is 2.60 bits per heavy atom. The van der Waals surface area contributed by atoms with Crippen molar-refractivity contribution < 1.29 is 28.2 Å². The van der Waals surface area contributed by atoms with E-state index in [-0.39, 0.29) is 67.8 Å². The zero-order valence-corrected chi connectivity index (χ0v) is 19.6. The van der Waals surface area contributed by atoms with Crippen LogP contribution >= 0.6 is 0 Å². The largest absolute Gasteiger partial charge is 0.491 e. The standard InChI is InChI=1S/C25H28FN3O6/c1-34-25(33)24-19-7-9-28(22(31)15-17-4-2-5-18(26)14-17)10-11-29(19)23(32)16-20(24)35-13-12-27-8-3-6-21(27)30/h2,4-5,14,16H,3,6-13,15H2,1H3. The zero-order chi connectivity index (χ0) is 24.9. The van der Waals surface area contributed by atoms with E-state index in [0.717, 1.165) is 6.42 Å². The molecule has 4 rings (SSSR count). The van der Waals surface area contributed by atoms with E-state index < -0.39 is 11.8 Å². The van der Waals surface area contributed by atoms with Gasteiger partial charge in [-0.1, -0.05) is 12.1 Å². The van der Waals surface area contributed by atoms with Crippen molar-refractivity contribution in [3.05, 3.63) is 63.3 Å². The first-order chi connectivity index (χ1) is 16.9. The van der Waals surface area contributed by atoms with Gasteiger partial charge in [0.25, 0.3) is 5.56 Å². The van der Waals surface area contributed by atoms with Gasteiger partial charge in [-0.3, -0.25) is 14.4 Å². The molecule has 0 N–H and O–H groups in total. The fourth-order valence-electron chi connectivity index (χ4n) is 4.57. The van der Waals surface area contributed by atoms with Crippen molar-refractivity contribution in [2.24, 2.45) is 0 Å². The molecule has 186 valence electrons. The Balaban J connectivity index is 1.52. The normalized spacial score (nSPS) is 15.5. The number of halogens is 1. The number of ether oxygens (including phenoxy) is 2. The quantitative estimate of drug-likeness (QED) is 0.550. The average molecular weight is 486 g/mol. The van der Waals surface area contributed by atoms with Gasteiger partial charge in [0.05, 0.1) is 20.1 Å². The fourth-order valence-corrected chi connectivity index (χ4v) is 4.57. The maximum atomic E-state index is 13.5. The van der Waals surface area contributed by atoms with Gasteiger partial charge in [-0.05, 0) is 24.1 Å². The van der Waals surface area contributed by atoms with Crippen molar-refractivity contribution in [3.8, 4) is 5.75 Å². The molecule has 1 aromatic heterocycles. The molecule has 0 unspecified atom stereocenters. The van der Waals surface area contributed by atoms with E-state index in [9.17, 15) is 23.6 Å². The summed E-state index contributed by atoms with van der Waals surface area (Å²) in [5.74, 6) is -1.07. The van der Waals surface area contributed by atoms with E-state index in [1.165, 1.54) is 29.9 Å². The summed E-state index contributed by atoms with van der Waals surface area (Å²) < 4.78 is 25.7. The van der Waals surface area contributed by atoms with Gasteiger partial charge < -0.3 is 23.8 Å². The van der Waals surface area contributed by atoms with Crippen LogP contribution in [0.1, 0.15) is 34.5 Å². The number of esters is 1. The van der Waals surface area contributed by atoms with Crippen LogP contribution in [0.25, 0.3) is 0 Å². The second kappa shape index (κ2) is 10.7. The Labute approximate surface area is 202 Å². The topological polar surface area (TPSA) is 98.2 Å². The van der Waals surface area contributed by atoms with E-state index in [2.05, 4.69) is 0 Å². The highest BCUT2D eigenvalue weighted by molar-refractivity contribution is 5.93. The summed E-state index contributed by atoms with van der Waals surface area (Å²) in [6.07, 6.45) is 1.61. The summed E-state index contributed by atoms with van der Waals surface area (Å²) in [6, 6.07) is 7.14. The number of carbonyl (C=O) groups is 3. The van der Waals surface area contributed by atoms with Gasteiger partial charge in [0.2, 0.25) is 11.8 Å². The molecule has 0 bridgehead atoms. The predicted molar refractivity (Wildman–Crippen MR) is 124 cm³/mol. The highest BCUT2D eigenvalue weighted by Crippen LogP contribution is 2.24. The molecule has 0 aliphatic carbocycles. The zero-order valence-electron chi connectivity index (χ0n) is 19.6. The molecule has 1 fully saturated rings. The summed E-state index contributed by atoms with van der Waals surface area (Å²) in [6.45, 7) is 1.92. The third-order valence-corrected chi connectivity index (χ3v) is 6.37. The van der Waals surface area contributed by atoms with Gasteiger partial charge in [-0.25, -0.2) is 9.18 Å². The van der Waals surface area contributed by atoms with Gasteiger partial charge in [0.15, 0.2) is 0 Å². The van der Waals surface area contributed by atoms with E-state index >= 15 is 0 Å². The highest BCUT2D eigenvalue weighted by Gasteiger charge is 2.28. The molecule has 0 saturated carbocycles. The maximum Gasteiger partial charge on any atom is 0.343 e. The first-order valence-corrected chi connectivity index (χ1v) is 11.6. The van der Waals surface area contributed by atoms with Gasteiger partial charge in [-0.15, -0.1) is 0 Å². The second-order valence-electron chi connectivity index (χ2n) is 8.58. The van der Waals surface area contributed by atoms with Gasteiger partial charge >= 0.3 is 5.97 Å². The Morgan fingerprint density at radius 2 is 1.89 bits per heavy atom. The number of fused-ring (bicyclic) bond motifs is 1. The molecule has 2 aliphatic heterocycles. The van der Waals surface area contributed by atoms with E-state index in [4.69, 9.17) is 9.47 Å². The van der Waals surface area contributed by atoms with Crippen LogP contribution in [-0.2, 0) is 33.7 Å². The number of benzene rings is 1. The third-order valence-electron chi connectivity index (χ3n) is 6.37. The van der Waals surface area contributed by atoms with Crippen molar-refractivity contribution >= 4 is 17.8 Å². The number of hydrogen-bond acceptors (Lipinski definition) is 6. The molecule has 2 aromatic rings. The molecule has 0 radical (unpaired) electrons. The molecule has 35 heavy (non-hydrogen) atoms. The SMILES string of the molecule is COC(=O)c1c(OCCN2CCCC2=O)cc(=O)n2c1CCN(C(=O)Cc1cccc(F)c1)CC2. The number of rotatable bonds is 7. The van der Waals surface area contributed by atoms with Crippen molar-refractivity contribution in [2.75, 3.05) is 39.9 Å². The van der Waals surface area contributed by atoms with E-state index in [1.54, 1.807) is 21.9 Å². The lowest BCUT2D eigenvalue weighted by Crippen LogP contribution is -2.35. The number of hydrogen-bond donors (Lipinski definition) is 0. The molecule has 1 saturated heterocycles. The molecule has 0 atom stereocenters. The number of methoxy groups -OCH3 is 1.